The van der Waals surface area contributed by atoms with Gasteiger partial charge in [0.25, 0.3) is 0 Å². The molecule has 0 saturated heterocycles. The van der Waals surface area contributed by atoms with Gasteiger partial charge in [-0.1, -0.05) is 18.1 Å². The maximum absolute atomic E-state index is 12.0. The number of hydrogen-bond donors (Lipinski definition) is 0. The number of Topliss-reactive ketones (excluding diaryl/α,β-unsaturated/α-hetero) is 2. The summed E-state index contributed by atoms with van der Waals surface area (Å²) in [5, 5.41) is 0. The molecular formula is C13H10O4. The molecule has 1 aromatic rings. The van der Waals surface area contributed by atoms with Gasteiger partial charge in [-0.2, -0.15) is 0 Å². The van der Waals surface area contributed by atoms with Crippen molar-refractivity contribution in [3.63, 3.8) is 0 Å². The molecule has 86 valence electrons. The molecule has 0 saturated carbocycles. The third-order valence-corrected chi connectivity index (χ3v) is 2.51. The Hall–Kier alpha value is -2.28. The Morgan fingerprint density at radius 3 is 2.65 bits per heavy atom. The second-order valence-corrected chi connectivity index (χ2v) is 3.46. The van der Waals surface area contributed by atoms with Crippen LogP contribution in [0.3, 0.4) is 0 Å². The predicted octanol–water partition coefficient (Wildman–Crippen LogP) is 1.44. The molecule has 0 spiro atoms. The Morgan fingerprint density at radius 1 is 1.24 bits per heavy atom. The van der Waals surface area contributed by atoms with E-state index in [4.69, 9.17) is 9.47 Å². The van der Waals surface area contributed by atoms with Gasteiger partial charge < -0.3 is 9.47 Å². The molecule has 1 unspecified atom stereocenters. The quantitative estimate of drug-likeness (QED) is 0.570. The fourth-order valence-electron chi connectivity index (χ4n) is 1.78. The summed E-state index contributed by atoms with van der Waals surface area (Å²) in [4.78, 5) is 23.9. The molecule has 4 nitrogen and oxygen atoms in total. The molecule has 4 heteroatoms. The van der Waals surface area contributed by atoms with Gasteiger partial charge in [-0.15, -0.1) is 0 Å². The van der Waals surface area contributed by atoms with Gasteiger partial charge >= 0.3 is 0 Å². The van der Waals surface area contributed by atoms with E-state index in [0.29, 0.717) is 11.3 Å². The van der Waals surface area contributed by atoms with Crippen molar-refractivity contribution in [2.24, 2.45) is 0 Å². The number of ketones is 2. The minimum atomic E-state index is -1.16. The Bertz CT molecular complexity index is 548. The van der Waals surface area contributed by atoms with Gasteiger partial charge in [0, 0.05) is 12.5 Å². The highest BCUT2D eigenvalue weighted by atomic mass is 16.5. The van der Waals surface area contributed by atoms with Crippen LogP contribution in [0.25, 0.3) is 0 Å². The van der Waals surface area contributed by atoms with E-state index in [1.807, 2.05) is 0 Å². The molecule has 1 aromatic carbocycles. The van der Waals surface area contributed by atoms with E-state index in [9.17, 15) is 9.59 Å². The topological polar surface area (TPSA) is 52.6 Å². The summed E-state index contributed by atoms with van der Waals surface area (Å²) >= 11 is 0. The van der Waals surface area contributed by atoms with E-state index in [2.05, 4.69) is 12.0 Å². The number of methoxy groups -OCH3 is 1. The van der Waals surface area contributed by atoms with Gasteiger partial charge in [0.1, 0.15) is 11.9 Å². The molecule has 1 atom stereocenters. The molecule has 17 heavy (non-hydrogen) atoms. The lowest BCUT2D eigenvalue weighted by Gasteiger charge is -2.04. The monoisotopic (exact) mass is 230 g/mol. The smallest absolute Gasteiger partial charge is 0.235 e. The Kier molecular flexibility index (Phi) is 2.84. The van der Waals surface area contributed by atoms with Crippen molar-refractivity contribution >= 4 is 11.6 Å². The van der Waals surface area contributed by atoms with Gasteiger partial charge in [-0.05, 0) is 6.07 Å². The second kappa shape index (κ2) is 4.30. The first-order chi connectivity index (χ1) is 8.20. The summed E-state index contributed by atoms with van der Waals surface area (Å²) in [6.45, 7) is 1.57. The van der Waals surface area contributed by atoms with Crippen LogP contribution < -0.4 is 4.74 Å². The minimum Gasteiger partial charge on any atom is -0.496 e. The Labute approximate surface area is 98.5 Å². The zero-order valence-corrected chi connectivity index (χ0v) is 9.44. The first kappa shape index (κ1) is 11.2. The molecule has 0 amide bonds. The summed E-state index contributed by atoms with van der Waals surface area (Å²) in [5.74, 6) is 2.10. The van der Waals surface area contributed by atoms with E-state index >= 15 is 0 Å². The first-order valence-corrected chi connectivity index (χ1v) is 5.03. The number of carbonyl (C=O) groups is 2. The Morgan fingerprint density at radius 2 is 2.00 bits per heavy atom. The number of hydrogen-bond acceptors (Lipinski definition) is 4. The van der Waals surface area contributed by atoms with Crippen LogP contribution in [0.2, 0.25) is 0 Å². The zero-order valence-electron chi connectivity index (χ0n) is 9.44. The highest BCUT2D eigenvalue weighted by Crippen LogP contribution is 2.31. The van der Waals surface area contributed by atoms with Crippen molar-refractivity contribution in [3.05, 3.63) is 29.3 Å². The average Bonchev–Trinajstić information content (AvgIpc) is 2.60. The maximum Gasteiger partial charge on any atom is 0.235 e. The standard InChI is InChI=1S/C13H10O4/c1-3-7-17-13-11(14)8-5-4-6-9(16-2)10(8)12(13)15/h4-6,13H,1-2H3. The summed E-state index contributed by atoms with van der Waals surface area (Å²) in [5.41, 5.74) is 0.611. The zero-order chi connectivity index (χ0) is 12.4. The van der Waals surface area contributed by atoms with Crippen LogP contribution in [0, 0.1) is 12.0 Å². The van der Waals surface area contributed by atoms with Crippen LogP contribution in [0.15, 0.2) is 18.2 Å². The summed E-state index contributed by atoms with van der Waals surface area (Å²) in [6.07, 6.45) is 1.13. The molecule has 0 bridgehead atoms. The van der Waals surface area contributed by atoms with Crippen LogP contribution in [-0.4, -0.2) is 24.8 Å². The van der Waals surface area contributed by atoms with Gasteiger partial charge in [0.05, 0.1) is 12.7 Å². The first-order valence-electron chi connectivity index (χ1n) is 5.03. The molecule has 1 aliphatic rings. The number of fused-ring (bicyclic) bond motifs is 1. The summed E-state index contributed by atoms with van der Waals surface area (Å²) < 4.78 is 10.0. The highest BCUT2D eigenvalue weighted by Gasteiger charge is 2.42. The largest absolute Gasteiger partial charge is 0.496 e. The third kappa shape index (κ3) is 1.66. The van der Waals surface area contributed by atoms with Gasteiger partial charge in [0.2, 0.25) is 17.7 Å². The minimum absolute atomic E-state index is 0.280. The summed E-state index contributed by atoms with van der Waals surface area (Å²) in [6, 6.07) is 4.88. The summed E-state index contributed by atoms with van der Waals surface area (Å²) in [7, 11) is 1.45. The number of ether oxygens (including phenoxy) is 2. The van der Waals surface area contributed by atoms with Crippen molar-refractivity contribution in [3.8, 4) is 17.8 Å². The normalized spacial score (nSPS) is 17.2. The lowest BCUT2D eigenvalue weighted by Crippen LogP contribution is -2.23. The average molecular weight is 230 g/mol. The van der Waals surface area contributed by atoms with Crippen molar-refractivity contribution in [2.45, 2.75) is 13.0 Å². The third-order valence-electron chi connectivity index (χ3n) is 2.51. The van der Waals surface area contributed by atoms with Crippen molar-refractivity contribution in [1.29, 1.82) is 0 Å². The van der Waals surface area contributed by atoms with Crippen molar-refractivity contribution in [2.75, 3.05) is 7.11 Å². The molecule has 2 rings (SSSR count). The van der Waals surface area contributed by atoms with E-state index in [-0.39, 0.29) is 11.3 Å². The Balaban J connectivity index is 2.48. The van der Waals surface area contributed by atoms with Crippen LogP contribution in [0.5, 0.6) is 5.75 Å². The van der Waals surface area contributed by atoms with Crippen LogP contribution >= 0.6 is 0 Å². The molecule has 1 aliphatic carbocycles. The van der Waals surface area contributed by atoms with E-state index in [1.54, 1.807) is 25.1 Å². The molecule has 0 N–H and O–H groups in total. The second-order valence-electron chi connectivity index (χ2n) is 3.46. The van der Waals surface area contributed by atoms with Gasteiger partial charge in [-0.25, -0.2) is 0 Å². The number of benzene rings is 1. The van der Waals surface area contributed by atoms with E-state index < -0.39 is 11.9 Å². The number of carbonyl (C=O) groups excluding carboxylic acids is 2. The fraction of sp³-hybridized carbons (Fsp3) is 0.231. The lowest BCUT2D eigenvalue weighted by molar-refractivity contribution is 0.0658. The van der Waals surface area contributed by atoms with Crippen molar-refractivity contribution in [1.82, 2.24) is 0 Å². The molecular weight excluding hydrogens is 220 g/mol. The molecule has 0 aliphatic heterocycles. The lowest BCUT2D eigenvalue weighted by atomic mass is 10.1. The van der Waals surface area contributed by atoms with Crippen LogP contribution in [0.1, 0.15) is 27.6 Å². The number of rotatable bonds is 2. The molecule has 0 aromatic heterocycles. The molecule has 0 radical (unpaired) electrons. The molecule has 0 fully saturated rings. The molecule has 0 heterocycles. The van der Waals surface area contributed by atoms with Gasteiger partial charge in [0.15, 0.2) is 0 Å². The van der Waals surface area contributed by atoms with Crippen LogP contribution in [0.4, 0.5) is 0 Å². The van der Waals surface area contributed by atoms with E-state index in [1.165, 1.54) is 7.11 Å². The van der Waals surface area contributed by atoms with Gasteiger partial charge in [-0.3, -0.25) is 9.59 Å². The van der Waals surface area contributed by atoms with E-state index in [0.717, 1.165) is 0 Å². The highest BCUT2D eigenvalue weighted by molar-refractivity contribution is 6.29. The predicted molar refractivity (Wildman–Crippen MR) is 60.0 cm³/mol. The SMILES string of the molecule is CC#COC1C(=O)c2cccc(OC)c2C1=O. The fourth-order valence-corrected chi connectivity index (χ4v) is 1.78. The van der Waals surface area contributed by atoms with Crippen molar-refractivity contribution < 1.29 is 19.1 Å². The maximum atomic E-state index is 12.0. The van der Waals surface area contributed by atoms with Crippen LogP contribution in [-0.2, 0) is 4.74 Å².